The van der Waals surface area contributed by atoms with Gasteiger partial charge in [0, 0.05) is 30.1 Å². The van der Waals surface area contributed by atoms with Crippen LogP contribution in [0.25, 0.3) is 11.3 Å². The zero-order valence-corrected chi connectivity index (χ0v) is 13.2. The summed E-state index contributed by atoms with van der Waals surface area (Å²) < 4.78 is 5.33. The minimum atomic E-state index is 0.247. The second kappa shape index (κ2) is 6.91. The van der Waals surface area contributed by atoms with Crippen LogP contribution in [0.2, 0.25) is 0 Å². The lowest BCUT2D eigenvalue weighted by molar-refractivity contribution is 0.518. The molecule has 0 bridgehead atoms. The van der Waals surface area contributed by atoms with Gasteiger partial charge in [-0.3, -0.25) is 4.98 Å². The molecular weight excluding hydrogens is 290 g/mol. The normalized spacial score (nSPS) is 10.7. The highest BCUT2D eigenvalue weighted by molar-refractivity contribution is 5.63. The topological polar surface area (TPSA) is 75.9 Å². The standard InChI is InChI=1S/C17H19N5O/c1-12(2)20-17-21-15(13-5-3-7-18-10-13)9-16(22-17)19-11-14-6-4-8-23-14/h3-10,12H,11H2,1-2H3,(H2,19,20,21,22). The average molecular weight is 309 g/mol. The van der Waals surface area contributed by atoms with Crippen molar-refractivity contribution in [2.45, 2.75) is 26.4 Å². The summed E-state index contributed by atoms with van der Waals surface area (Å²) in [4.78, 5) is 13.2. The van der Waals surface area contributed by atoms with Crippen LogP contribution in [0.4, 0.5) is 11.8 Å². The van der Waals surface area contributed by atoms with Crippen molar-refractivity contribution in [2.75, 3.05) is 10.6 Å². The number of anilines is 2. The molecule has 6 heteroatoms. The fraction of sp³-hybridized carbons (Fsp3) is 0.235. The quantitative estimate of drug-likeness (QED) is 0.725. The predicted molar refractivity (Wildman–Crippen MR) is 90.1 cm³/mol. The van der Waals surface area contributed by atoms with E-state index in [9.17, 15) is 0 Å². The number of hydrogen-bond acceptors (Lipinski definition) is 6. The number of pyridine rings is 1. The van der Waals surface area contributed by atoms with Crippen LogP contribution in [0.5, 0.6) is 0 Å². The molecule has 0 fully saturated rings. The number of nitrogens with one attached hydrogen (secondary N) is 2. The maximum absolute atomic E-state index is 5.33. The molecule has 0 radical (unpaired) electrons. The Hall–Kier alpha value is -2.89. The van der Waals surface area contributed by atoms with Gasteiger partial charge in [0.15, 0.2) is 0 Å². The van der Waals surface area contributed by atoms with E-state index in [0.717, 1.165) is 22.8 Å². The Bertz CT molecular complexity index is 741. The summed E-state index contributed by atoms with van der Waals surface area (Å²) in [6.45, 7) is 4.67. The Morgan fingerprint density at radius 1 is 1.17 bits per heavy atom. The summed E-state index contributed by atoms with van der Waals surface area (Å²) in [5, 5.41) is 6.51. The Labute approximate surface area is 135 Å². The van der Waals surface area contributed by atoms with Crippen molar-refractivity contribution in [1.82, 2.24) is 15.0 Å². The van der Waals surface area contributed by atoms with Gasteiger partial charge in [0.05, 0.1) is 18.5 Å². The molecule has 23 heavy (non-hydrogen) atoms. The van der Waals surface area contributed by atoms with Gasteiger partial charge >= 0.3 is 0 Å². The molecule has 0 saturated heterocycles. The third-order valence-electron chi connectivity index (χ3n) is 3.13. The van der Waals surface area contributed by atoms with Gasteiger partial charge in [-0.05, 0) is 38.1 Å². The summed E-state index contributed by atoms with van der Waals surface area (Å²) in [6, 6.07) is 9.81. The van der Waals surface area contributed by atoms with E-state index < -0.39 is 0 Å². The van der Waals surface area contributed by atoms with Gasteiger partial charge in [-0.25, -0.2) is 4.98 Å². The second-order valence-corrected chi connectivity index (χ2v) is 5.44. The molecule has 0 aliphatic rings. The molecule has 2 N–H and O–H groups in total. The van der Waals surface area contributed by atoms with Crippen LogP contribution in [0.15, 0.2) is 53.4 Å². The van der Waals surface area contributed by atoms with Crippen LogP contribution in [0, 0.1) is 0 Å². The first kappa shape index (κ1) is 15.0. The number of rotatable bonds is 6. The van der Waals surface area contributed by atoms with E-state index in [1.54, 1.807) is 18.7 Å². The Morgan fingerprint density at radius 2 is 2.09 bits per heavy atom. The van der Waals surface area contributed by atoms with Crippen LogP contribution < -0.4 is 10.6 Å². The third kappa shape index (κ3) is 4.06. The lowest BCUT2D eigenvalue weighted by Crippen LogP contribution is -2.14. The molecule has 0 aliphatic heterocycles. The van der Waals surface area contributed by atoms with Crippen LogP contribution >= 0.6 is 0 Å². The summed E-state index contributed by atoms with van der Waals surface area (Å²) >= 11 is 0. The van der Waals surface area contributed by atoms with Crippen molar-refractivity contribution in [3.8, 4) is 11.3 Å². The molecule has 0 atom stereocenters. The van der Waals surface area contributed by atoms with E-state index in [1.807, 2.05) is 30.3 Å². The molecule has 0 spiro atoms. The van der Waals surface area contributed by atoms with Gasteiger partial charge in [0.25, 0.3) is 0 Å². The van der Waals surface area contributed by atoms with Crippen molar-refractivity contribution in [3.05, 3.63) is 54.7 Å². The summed E-state index contributed by atoms with van der Waals surface area (Å²) in [6.07, 6.45) is 5.19. The van der Waals surface area contributed by atoms with Crippen molar-refractivity contribution in [1.29, 1.82) is 0 Å². The van der Waals surface area contributed by atoms with Gasteiger partial charge < -0.3 is 15.1 Å². The predicted octanol–water partition coefficient (Wildman–Crippen LogP) is 3.56. The van der Waals surface area contributed by atoms with Crippen molar-refractivity contribution < 1.29 is 4.42 Å². The zero-order valence-electron chi connectivity index (χ0n) is 13.2. The average Bonchev–Trinajstić information content (AvgIpc) is 3.06. The maximum Gasteiger partial charge on any atom is 0.225 e. The van der Waals surface area contributed by atoms with Crippen molar-refractivity contribution >= 4 is 11.8 Å². The van der Waals surface area contributed by atoms with E-state index in [0.29, 0.717) is 12.5 Å². The number of nitrogens with zero attached hydrogens (tertiary/aromatic N) is 3. The van der Waals surface area contributed by atoms with E-state index in [2.05, 4.69) is 39.4 Å². The molecule has 0 amide bonds. The highest BCUT2D eigenvalue weighted by Gasteiger charge is 2.08. The second-order valence-electron chi connectivity index (χ2n) is 5.44. The first-order valence-electron chi connectivity index (χ1n) is 7.53. The molecule has 3 heterocycles. The smallest absolute Gasteiger partial charge is 0.225 e. The van der Waals surface area contributed by atoms with E-state index in [4.69, 9.17) is 4.42 Å². The molecule has 118 valence electrons. The van der Waals surface area contributed by atoms with Crippen LogP contribution in [-0.4, -0.2) is 21.0 Å². The van der Waals surface area contributed by atoms with Gasteiger partial charge in [0.2, 0.25) is 5.95 Å². The summed E-state index contributed by atoms with van der Waals surface area (Å²) in [5.74, 6) is 2.17. The van der Waals surface area contributed by atoms with E-state index >= 15 is 0 Å². The molecule has 3 aromatic rings. The third-order valence-corrected chi connectivity index (χ3v) is 3.13. The van der Waals surface area contributed by atoms with E-state index in [1.165, 1.54) is 0 Å². The molecular formula is C17H19N5O. The molecule has 0 aliphatic carbocycles. The Balaban J connectivity index is 1.88. The van der Waals surface area contributed by atoms with Gasteiger partial charge in [0.1, 0.15) is 11.6 Å². The first-order valence-corrected chi connectivity index (χ1v) is 7.53. The first-order chi connectivity index (χ1) is 11.2. The maximum atomic E-state index is 5.33. The molecule has 0 saturated carbocycles. The summed E-state index contributed by atoms with van der Waals surface area (Å²) in [5.41, 5.74) is 1.76. The van der Waals surface area contributed by atoms with Crippen LogP contribution in [-0.2, 0) is 6.54 Å². The Morgan fingerprint density at radius 3 is 2.78 bits per heavy atom. The lowest BCUT2D eigenvalue weighted by Gasteiger charge is -2.12. The summed E-state index contributed by atoms with van der Waals surface area (Å²) in [7, 11) is 0. The van der Waals surface area contributed by atoms with Gasteiger partial charge in [-0.15, -0.1) is 0 Å². The SMILES string of the molecule is CC(C)Nc1nc(NCc2ccco2)cc(-c2cccnc2)n1. The highest BCUT2D eigenvalue weighted by atomic mass is 16.3. The van der Waals surface area contributed by atoms with Crippen LogP contribution in [0.1, 0.15) is 19.6 Å². The zero-order chi connectivity index (χ0) is 16.1. The van der Waals surface area contributed by atoms with E-state index in [-0.39, 0.29) is 6.04 Å². The largest absolute Gasteiger partial charge is 0.467 e. The lowest BCUT2D eigenvalue weighted by atomic mass is 10.2. The van der Waals surface area contributed by atoms with Crippen molar-refractivity contribution in [3.63, 3.8) is 0 Å². The van der Waals surface area contributed by atoms with Crippen molar-refractivity contribution in [2.24, 2.45) is 0 Å². The number of hydrogen-bond donors (Lipinski definition) is 2. The Kier molecular flexibility index (Phi) is 4.52. The fourth-order valence-electron chi connectivity index (χ4n) is 2.11. The minimum Gasteiger partial charge on any atom is -0.467 e. The van der Waals surface area contributed by atoms with Crippen LogP contribution in [0.3, 0.4) is 0 Å². The number of furan rings is 1. The van der Waals surface area contributed by atoms with Gasteiger partial charge in [-0.2, -0.15) is 4.98 Å². The molecule has 0 aromatic carbocycles. The monoisotopic (exact) mass is 309 g/mol. The minimum absolute atomic E-state index is 0.247. The van der Waals surface area contributed by atoms with Gasteiger partial charge in [-0.1, -0.05) is 0 Å². The molecule has 3 rings (SSSR count). The number of aromatic nitrogens is 3. The molecule has 0 unspecified atom stereocenters. The fourth-order valence-corrected chi connectivity index (χ4v) is 2.11. The molecule has 6 nitrogen and oxygen atoms in total. The highest BCUT2D eigenvalue weighted by Crippen LogP contribution is 2.21. The molecule has 3 aromatic heterocycles.